The van der Waals surface area contributed by atoms with Crippen LogP contribution in [0.15, 0.2) is 6.33 Å². The largest absolute Gasteiger partial charge is 0.481 e. The highest BCUT2D eigenvalue weighted by Gasteiger charge is 2.29. The molecule has 1 aromatic heterocycles. The number of aliphatic carboxylic acids is 1. The van der Waals surface area contributed by atoms with Crippen molar-refractivity contribution in [2.45, 2.75) is 19.0 Å². The molecule has 0 aliphatic carbocycles. The van der Waals surface area contributed by atoms with Crippen LogP contribution in [-0.4, -0.2) is 62.6 Å². The van der Waals surface area contributed by atoms with Crippen LogP contribution in [0.1, 0.15) is 12.2 Å². The molecule has 0 saturated carbocycles. The second kappa shape index (κ2) is 6.33. The van der Waals surface area contributed by atoms with E-state index >= 15 is 0 Å². The van der Waals surface area contributed by atoms with Gasteiger partial charge in [-0.2, -0.15) is 0 Å². The third-order valence-corrected chi connectivity index (χ3v) is 3.10. The maximum absolute atomic E-state index is 12.1. The first-order valence-corrected chi connectivity index (χ1v) is 6.25. The summed E-state index contributed by atoms with van der Waals surface area (Å²) in [6.45, 7) is 1.27. The van der Waals surface area contributed by atoms with Crippen LogP contribution in [0.5, 0.6) is 0 Å². The van der Waals surface area contributed by atoms with Crippen LogP contribution in [0, 0.1) is 0 Å². The van der Waals surface area contributed by atoms with E-state index in [-0.39, 0.29) is 25.6 Å². The summed E-state index contributed by atoms with van der Waals surface area (Å²) in [4.78, 5) is 24.4. The second-order valence-corrected chi connectivity index (χ2v) is 4.54. The number of carboxylic acid groups (broad SMARTS) is 1. The van der Waals surface area contributed by atoms with Gasteiger partial charge in [-0.3, -0.25) is 4.79 Å². The van der Waals surface area contributed by atoms with E-state index in [9.17, 15) is 9.59 Å². The lowest BCUT2D eigenvalue weighted by Crippen LogP contribution is -2.53. The van der Waals surface area contributed by atoms with Crippen LogP contribution in [-0.2, 0) is 23.1 Å². The summed E-state index contributed by atoms with van der Waals surface area (Å²) in [6, 6.07) is -0.761. The first-order valence-electron chi connectivity index (χ1n) is 6.25. The van der Waals surface area contributed by atoms with Crippen molar-refractivity contribution in [1.82, 2.24) is 25.0 Å². The van der Waals surface area contributed by atoms with Crippen LogP contribution in [0.25, 0.3) is 0 Å². The minimum atomic E-state index is -0.952. The van der Waals surface area contributed by atoms with E-state index in [1.54, 1.807) is 17.9 Å². The van der Waals surface area contributed by atoms with E-state index in [4.69, 9.17) is 9.84 Å². The molecule has 0 spiro atoms. The number of carbonyl (C=O) groups excluding carboxylic acids is 1. The van der Waals surface area contributed by atoms with Gasteiger partial charge in [0.05, 0.1) is 32.2 Å². The SMILES string of the molecule is Cn1cnnc1CNC(=O)N1CCOCC1CC(=O)O. The fourth-order valence-electron chi connectivity index (χ4n) is 2.02. The van der Waals surface area contributed by atoms with Crippen molar-refractivity contribution >= 4 is 12.0 Å². The Morgan fingerprint density at radius 1 is 1.60 bits per heavy atom. The minimum Gasteiger partial charge on any atom is -0.481 e. The van der Waals surface area contributed by atoms with Gasteiger partial charge in [-0.05, 0) is 0 Å². The van der Waals surface area contributed by atoms with Crippen molar-refractivity contribution in [3.63, 3.8) is 0 Å². The molecule has 1 saturated heterocycles. The molecule has 9 nitrogen and oxygen atoms in total. The molecule has 1 aromatic rings. The maximum Gasteiger partial charge on any atom is 0.318 e. The molecule has 9 heteroatoms. The summed E-state index contributed by atoms with van der Waals surface area (Å²) in [5.41, 5.74) is 0. The first-order chi connectivity index (χ1) is 9.58. The highest BCUT2D eigenvalue weighted by atomic mass is 16.5. The summed E-state index contributed by atoms with van der Waals surface area (Å²) in [7, 11) is 1.78. The molecule has 0 radical (unpaired) electrons. The average molecular weight is 283 g/mol. The Morgan fingerprint density at radius 2 is 2.40 bits per heavy atom. The van der Waals surface area contributed by atoms with E-state index in [1.165, 1.54) is 4.90 Å². The number of amides is 2. The Labute approximate surface area is 115 Å². The molecule has 1 atom stereocenters. The molecule has 0 bridgehead atoms. The highest BCUT2D eigenvalue weighted by molar-refractivity contribution is 5.76. The molecular formula is C11H17N5O4. The monoisotopic (exact) mass is 283 g/mol. The van der Waals surface area contributed by atoms with Crippen LogP contribution in [0.2, 0.25) is 0 Å². The summed E-state index contributed by atoms with van der Waals surface area (Å²) in [6.07, 6.45) is 1.42. The number of ether oxygens (including phenoxy) is 1. The Morgan fingerprint density at radius 3 is 3.05 bits per heavy atom. The quantitative estimate of drug-likeness (QED) is 0.748. The van der Waals surface area contributed by atoms with E-state index in [0.29, 0.717) is 19.0 Å². The normalized spacial score (nSPS) is 18.9. The zero-order valence-corrected chi connectivity index (χ0v) is 11.2. The van der Waals surface area contributed by atoms with Gasteiger partial charge in [-0.25, -0.2) is 4.79 Å². The van der Waals surface area contributed by atoms with Crippen LogP contribution in [0.4, 0.5) is 4.79 Å². The lowest BCUT2D eigenvalue weighted by molar-refractivity contribution is -0.139. The first kappa shape index (κ1) is 14.3. The van der Waals surface area contributed by atoms with Crippen molar-refractivity contribution in [2.75, 3.05) is 19.8 Å². The summed E-state index contributed by atoms with van der Waals surface area (Å²) >= 11 is 0. The topological polar surface area (TPSA) is 110 Å². The number of rotatable bonds is 4. The van der Waals surface area contributed by atoms with Crippen molar-refractivity contribution in [2.24, 2.45) is 7.05 Å². The number of nitrogens with zero attached hydrogens (tertiary/aromatic N) is 4. The molecule has 1 aliphatic heterocycles. The van der Waals surface area contributed by atoms with Gasteiger partial charge in [-0.15, -0.1) is 10.2 Å². The van der Waals surface area contributed by atoms with Gasteiger partial charge in [0.25, 0.3) is 0 Å². The maximum atomic E-state index is 12.1. The molecule has 1 aliphatic rings. The Kier molecular flexibility index (Phi) is 4.51. The number of urea groups is 1. The van der Waals surface area contributed by atoms with Gasteiger partial charge in [0.1, 0.15) is 6.33 Å². The summed E-state index contributed by atoms with van der Waals surface area (Å²) in [5, 5.41) is 19.1. The standard InChI is InChI=1S/C11H17N5O4/c1-15-7-13-14-9(15)5-12-11(19)16-2-3-20-6-8(16)4-10(17)18/h7-8H,2-6H2,1H3,(H,12,19)(H,17,18). The van der Waals surface area contributed by atoms with Gasteiger partial charge >= 0.3 is 12.0 Å². The van der Waals surface area contributed by atoms with Crippen molar-refractivity contribution in [3.05, 3.63) is 12.2 Å². The van der Waals surface area contributed by atoms with Gasteiger partial charge in [0.15, 0.2) is 5.82 Å². The smallest absolute Gasteiger partial charge is 0.318 e. The van der Waals surface area contributed by atoms with E-state index in [1.807, 2.05) is 0 Å². The Bertz CT molecular complexity index is 489. The Balaban J connectivity index is 1.92. The van der Waals surface area contributed by atoms with Gasteiger partial charge in [-0.1, -0.05) is 0 Å². The highest BCUT2D eigenvalue weighted by Crippen LogP contribution is 2.11. The molecule has 1 fully saturated rings. The number of carboxylic acids is 1. The number of carbonyl (C=O) groups is 2. The summed E-state index contributed by atoms with van der Waals surface area (Å²) < 4.78 is 6.92. The molecule has 2 heterocycles. The van der Waals surface area contributed by atoms with Gasteiger partial charge < -0.3 is 24.6 Å². The number of morpholine rings is 1. The number of hydrogen-bond acceptors (Lipinski definition) is 5. The zero-order chi connectivity index (χ0) is 14.5. The van der Waals surface area contributed by atoms with Crippen molar-refractivity contribution < 1.29 is 19.4 Å². The van der Waals surface area contributed by atoms with E-state index in [0.717, 1.165) is 0 Å². The van der Waals surface area contributed by atoms with Crippen LogP contribution >= 0.6 is 0 Å². The van der Waals surface area contributed by atoms with Crippen LogP contribution in [0.3, 0.4) is 0 Å². The fourth-order valence-corrected chi connectivity index (χ4v) is 2.02. The van der Waals surface area contributed by atoms with Gasteiger partial charge in [0, 0.05) is 13.6 Å². The molecule has 2 amide bonds. The molecule has 1 unspecified atom stereocenters. The fraction of sp³-hybridized carbons (Fsp3) is 0.636. The molecule has 20 heavy (non-hydrogen) atoms. The molecule has 2 rings (SSSR count). The number of aryl methyl sites for hydroxylation is 1. The van der Waals surface area contributed by atoms with E-state index in [2.05, 4.69) is 15.5 Å². The predicted octanol–water partition coefficient (Wildman–Crippen LogP) is -0.800. The van der Waals surface area contributed by atoms with Gasteiger partial charge in [0.2, 0.25) is 0 Å². The van der Waals surface area contributed by atoms with E-state index < -0.39 is 12.0 Å². The second-order valence-electron chi connectivity index (χ2n) is 4.54. The van der Waals surface area contributed by atoms with Crippen molar-refractivity contribution in [1.29, 1.82) is 0 Å². The van der Waals surface area contributed by atoms with Crippen LogP contribution < -0.4 is 5.32 Å². The average Bonchev–Trinajstić information content (AvgIpc) is 2.81. The summed E-state index contributed by atoms with van der Waals surface area (Å²) in [5.74, 6) is -0.326. The van der Waals surface area contributed by atoms with Crippen molar-refractivity contribution in [3.8, 4) is 0 Å². The number of nitrogens with one attached hydrogen (secondary N) is 1. The molecule has 0 aromatic carbocycles. The number of aromatic nitrogens is 3. The molecule has 110 valence electrons. The zero-order valence-electron chi connectivity index (χ0n) is 11.2. The lowest BCUT2D eigenvalue weighted by atomic mass is 10.1. The number of hydrogen-bond donors (Lipinski definition) is 2. The third-order valence-electron chi connectivity index (χ3n) is 3.10. The predicted molar refractivity (Wildman–Crippen MR) is 66.8 cm³/mol. The third kappa shape index (κ3) is 3.44. The molecule has 2 N–H and O–H groups in total. The minimum absolute atomic E-state index is 0.128. The Hall–Kier alpha value is -2.16. The molecular weight excluding hydrogens is 266 g/mol. The lowest BCUT2D eigenvalue weighted by Gasteiger charge is -2.34.